The smallest absolute Gasteiger partial charge is 0.307 e. The molecule has 0 saturated heterocycles. The molecule has 0 aliphatic carbocycles. The molecular formula is C17H16BrNO3. The fourth-order valence-electron chi connectivity index (χ4n) is 2.07. The monoisotopic (exact) mass is 361 g/mol. The molecule has 0 unspecified atom stereocenters. The number of halogens is 1. The van der Waals surface area contributed by atoms with Crippen LogP contribution in [0.3, 0.4) is 0 Å². The Hall–Kier alpha value is -2.14. The number of ether oxygens (including phenoxy) is 1. The molecule has 0 aliphatic heterocycles. The van der Waals surface area contributed by atoms with Gasteiger partial charge in [0.1, 0.15) is 0 Å². The molecule has 0 fully saturated rings. The zero-order valence-corrected chi connectivity index (χ0v) is 13.7. The lowest BCUT2D eigenvalue weighted by molar-refractivity contribution is -0.141. The number of benzene rings is 2. The first-order valence-electron chi connectivity index (χ1n) is 6.79. The zero-order valence-electron chi connectivity index (χ0n) is 12.1. The van der Waals surface area contributed by atoms with Crippen LogP contribution < -0.4 is 5.32 Å². The molecule has 0 radical (unpaired) electrons. The van der Waals surface area contributed by atoms with Crippen molar-refractivity contribution in [2.75, 3.05) is 7.11 Å². The first kappa shape index (κ1) is 16.2. The second-order valence-electron chi connectivity index (χ2n) is 4.70. The van der Waals surface area contributed by atoms with Crippen LogP contribution in [0, 0.1) is 0 Å². The van der Waals surface area contributed by atoms with Crippen LogP contribution in [-0.4, -0.2) is 19.0 Å². The lowest BCUT2D eigenvalue weighted by atomic mass is 10.0. The number of carbonyl (C=O) groups is 2. The summed E-state index contributed by atoms with van der Waals surface area (Å²) >= 11 is 3.36. The molecule has 1 atom stereocenters. The summed E-state index contributed by atoms with van der Waals surface area (Å²) in [7, 11) is 1.33. The van der Waals surface area contributed by atoms with E-state index in [0.29, 0.717) is 10.0 Å². The molecule has 22 heavy (non-hydrogen) atoms. The maximum atomic E-state index is 12.4. The van der Waals surface area contributed by atoms with Crippen molar-refractivity contribution in [2.45, 2.75) is 12.5 Å². The van der Waals surface area contributed by atoms with Crippen LogP contribution >= 0.6 is 15.9 Å². The van der Waals surface area contributed by atoms with Gasteiger partial charge in [-0.05, 0) is 33.6 Å². The molecule has 2 aromatic rings. The van der Waals surface area contributed by atoms with Gasteiger partial charge in [-0.2, -0.15) is 0 Å². The standard InChI is InChI=1S/C17H16BrNO3/c1-22-16(20)11-15(12-7-3-2-4-8-12)19-17(21)13-9-5-6-10-14(13)18/h2-10,15H,11H2,1H3,(H,19,21)/t15-/m1/s1. The van der Waals surface area contributed by atoms with Gasteiger partial charge in [-0.3, -0.25) is 9.59 Å². The van der Waals surface area contributed by atoms with Crippen LogP contribution in [0.1, 0.15) is 28.4 Å². The molecule has 4 nitrogen and oxygen atoms in total. The second kappa shape index (κ2) is 7.75. The minimum atomic E-state index is -0.437. The van der Waals surface area contributed by atoms with Crippen molar-refractivity contribution < 1.29 is 14.3 Å². The molecule has 114 valence electrons. The van der Waals surface area contributed by atoms with Gasteiger partial charge in [0.15, 0.2) is 0 Å². The number of nitrogens with one attached hydrogen (secondary N) is 1. The van der Waals surface area contributed by atoms with E-state index >= 15 is 0 Å². The molecule has 0 aromatic heterocycles. The Balaban J connectivity index is 2.21. The van der Waals surface area contributed by atoms with Crippen LogP contribution in [0.25, 0.3) is 0 Å². The van der Waals surface area contributed by atoms with Gasteiger partial charge < -0.3 is 10.1 Å². The largest absolute Gasteiger partial charge is 0.469 e. The molecule has 0 spiro atoms. The fraction of sp³-hybridized carbons (Fsp3) is 0.176. The zero-order chi connectivity index (χ0) is 15.9. The Kier molecular flexibility index (Phi) is 5.72. The first-order chi connectivity index (χ1) is 10.6. The van der Waals surface area contributed by atoms with Gasteiger partial charge in [-0.25, -0.2) is 0 Å². The Labute approximate surface area is 137 Å². The maximum absolute atomic E-state index is 12.4. The minimum Gasteiger partial charge on any atom is -0.469 e. The van der Waals surface area contributed by atoms with Crippen LogP contribution in [-0.2, 0) is 9.53 Å². The lowest BCUT2D eigenvalue weighted by Crippen LogP contribution is -2.30. The van der Waals surface area contributed by atoms with E-state index in [9.17, 15) is 9.59 Å². The number of rotatable bonds is 5. The summed E-state index contributed by atoms with van der Waals surface area (Å²) in [5.41, 5.74) is 1.38. The normalized spacial score (nSPS) is 11.5. The molecule has 2 aromatic carbocycles. The predicted octanol–water partition coefficient (Wildman–Crippen LogP) is 3.48. The third-order valence-electron chi connectivity index (χ3n) is 3.22. The van der Waals surface area contributed by atoms with Crippen LogP contribution in [0.5, 0.6) is 0 Å². The lowest BCUT2D eigenvalue weighted by Gasteiger charge is -2.18. The van der Waals surface area contributed by atoms with Gasteiger partial charge >= 0.3 is 5.97 Å². The average molecular weight is 362 g/mol. The summed E-state index contributed by atoms with van der Waals surface area (Å²) in [6.45, 7) is 0. The van der Waals surface area contributed by atoms with E-state index in [1.54, 1.807) is 18.2 Å². The fourth-order valence-corrected chi connectivity index (χ4v) is 2.53. The molecule has 5 heteroatoms. The van der Waals surface area contributed by atoms with Crippen molar-refractivity contribution in [2.24, 2.45) is 0 Å². The first-order valence-corrected chi connectivity index (χ1v) is 7.58. The number of carbonyl (C=O) groups excluding carboxylic acids is 2. The summed E-state index contributed by atoms with van der Waals surface area (Å²) in [4.78, 5) is 24.0. The van der Waals surface area contributed by atoms with Crippen LogP contribution in [0.15, 0.2) is 59.1 Å². The van der Waals surface area contributed by atoms with E-state index in [1.807, 2.05) is 36.4 Å². The Morgan fingerprint density at radius 1 is 1.09 bits per heavy atom. The van der Waals surface area contributed by atoms with Gasteiger partial charge in [0.2, 0.25) is 0 Å². The molecule has 0 aliphatic rings. The molecule has 0 bridgehead atoms. The molecule has 1 amide bonds. The quantitative estimate of drug-likeness (QED) is 0.829. The van der Waals surface area contributed by atoms with Crippen molar-refractivity contribution in [1.29, 1.82) is 0 Å². The molecule has 2 rings (SSSR count). The van der Waals surface area contributed by atoms with E-state index in [-0.39, 0.29) is 18.3 Å². The minimum absolute atomic E-state index is 0.0801. The average Bonchev–Trinajstić information content (AvgIpc) is 2.55. The third kappa shape index (κ3) is 4.18. The Morgan fingerprint density at radius 3 is 2.36 bits per heavy atom. The summed E-state index contributed by atoms with van der Waals surface area (Å²) in [5, 5.41) is 2.89. The highest BCUT2D eigenvalue weighted by Gasteiger charge is 2.20. The highest BCUT2D eigenvalue weighted by molar-refractivity contribution is 9.10. The van der Waals surface area contributed by atoms with E-state index in [4.69, 9.17) is 4.74 Å². The van der Waals surface area contributed by atoms with Crippen molar-refractivity contribution in [3.63, 3.8) is 0 Å². The molecular weight excluding hydrogens is 346 g/mol. The second-order valence-corrected chi connectivity index (χ2v) is 5.55. The summed E-state index contributed by atoms with van der Waals surface area (Å²) in [6.07, 6.45) is 0.0801. The van der Waals surface area contributed by atoms with Gasteiger partial charge in [0.05, 0.1) is 25.1 Å². The van der Waals surface area contributed by atoms with Crippen molar-refractivity contribution in [1.82, 2.24) is 5.32 Å². The topological polar surface area (TPSA) is 55.4 Å². The summed E-state index contributed by atoms with van der Waals surface area (Å²) < 4.78 is 5.42. The molecule has 1 N–H and O–H groups in total. The van der Waals surface area contributed by atoms with Gasteiger partial charge in [0.25, 0.3) is 5.91 Å². The Bertz CT molecular complexity index is 658. The van der Waals surface area contributed by atoms with Gasteiger partial charge in [0, 0.05) is 4.47 Å². The number of hydrogen-bond acceptors (Lipinski definition) is 3. The van der Waals surface area contributed by atoms with Crippen molar-refractivity contribution in [3.05, 3.63) is 70.2 Å². The number of esters is 1. The third-order valence-corrected chi connectivity index (χ3v) is 3.92. The van der Waals surface area contributed by atoms with Crippen molar-refractivity contribution in [3.8, 4) is 0 Å². The highest BCUT2D eigenvalue weighted by atomic mass is 79.9. The SMILES string of the molecule is COC(=O)C[C@@H](NC(=O)c1ccccc1Br)c1ccccc1. The van der Waals surface area contributed by atoms with Gasteiger partial charge in [-0.1, -0.05) is 42.5 Å². The summed E-state index contributed by atoms with van der Waals surface area (Å²) in [5.74, 6) is -0.619. The van der Waals surface area contributed by atoms with Crippen LogP contribution in [0.4, 0.5) is 0 Å². The molecule has 0 saturated carbocycles. The van der Waals surface area contributed by atoms with Crippen molar-refractivity contribution >= 4 is 27.8 Å². The number of hydrogen-bond donors (Lipinski definition) is 1. The van der Waals surface area contributed by atoms with E-state index < -0.39 is 6.04 Å². The van der Waals surface area contributed by atoms with E-state index in [2.05, 4.69) is 21.2 Å². The number of methoxy groups -OCH3 is 1. The highest BCUT2D eigenvalue weighted by Crippen LogP contribution is 2.20. The van der Waals surface area contributed by atoms with E-state index in [0.717, 1.165) is 5.56 Å². The van der Waals surface area contributed by atoms with Gasteiger partial charge in [-0.15, -0.1) is 0 Å². The Morgan fingerprint density at radius 2 is 1.73 bits per heavy atom. The number of amides is 1. The molecule has 0 heterocycles. The predicted molar refractivity (Wildman–Crippen MR) is 87.4 cm³/mol. The van der Waals surface area contributed by atoms with E-state index in [1.165, 1.54) is 7.11 Å². The maximum Gasteiger partial charge on any atom is 0.307 e. The summed E-state index contributed by atoms with van der Waals surface area (Å²) in [6, 6.07) is 16.1. The van der Waals surface area contributed by atoms with Crippen LogP contribution in [0.2, 0.25) is 0 Å².